The molecule has 1 fully saturated rings. The Bertz CT molecular complexity index is 1320. The van der Waals surface area contributed by atoms with Crippen molar-refractivity contribution in [1.29, 1.82) is 0 Å². The summed E-state index contributed by atoms with van der Waals surface area (Å²) in [6.07, 6.45) is 0.0789. The number of rotatable bonds is 8. The van der Waals surface area contributed by atoms with Crippen molar-refractivity contribution in [3.8, 4) is 0 Å². The molecule has 1 atom stereocenters. The summed E-state index contributed by atoms with van der Waals surface area (Å²) in [4.78, 5) is 31.7. The van der Waals surface area contributed by atoms with E-state index in [1.807, 2.05) is 16.7 Å². The van der Waals surface area contributed by atoms with Crippen LogP contribution in [0.3, 0.4) is 0 Å². The molecule has 4 rings (SSSR count). The van der Waals surface area contributed by atoms with Crippen LogP contribution in [0.5, 0.6) is 0 Å². The maximum Gasteiger partial charge on any atom is 0.272 e. The molecule has 0 saturated carbocycles. The number of fused-ring (bicyclic) bond motifs is 1. The molecular weight excluding hydrogens is 508 g/mol. The summed E-state index contributed by atoms with van der Waals surface area (Å²) in [5.74, 6) is -0.195. The van der Waals surface area contributed by atoms with Gasteiger partial charge in [0.2, 0.25) is 11.9 Å². The smallest absolute Gasteiger partial charge is 0.272 e. The van der Waals surface area contributed by atoms with Crippen molar-refractivity contribution in [3.05, 3.63) is 58.3 Å². The quantitative estimate of drug-likeness (QED) is 0.334. The van der Waals surface area contributed by atoms with Crippen LogP contribution in [0.4, 0.5) is 14.7 Å². The Hall–Kier alpha value is -3.11. The van der Waals surface area contributed by atoms with Gasteiger partial charge in [0.25, 0.3) is 12.3 Å². The molecule has 7 nitrogen and oxygen atoms in total. The van der Waals surface area contributed by atoms with E-state index in [9.17, 15) is 18.4 Å². The SMILES string of the molecule is C=CC(=O)N1CCC(n2c(NC(=O)c3ccc(C(F)F)s3)nc3cc(CN[C@@H](C)C(C)(C)C)ccc32)CC1. The van der Waals surface area contributed by atoms with Gasteiger partial charge in [-0.25, -0.2) is 13.8 Å². The fourth-order valence-electron chi connectivity index (χ4n) is 4.52. The highest BCUT2D eigenvalue weighted by Crippen LogP contribution is 2.33. The minimum absolute atomic E-state index is 0.00835. The Morgan fingerprint density at radius 3 is 2.53 bits per heavy atom. The summed E-state index contributed by atoms with van der Waals surface area (Å²) < 4.78 is 28.2. The van der Waals surface area contributed by atoms with Crippen LogP contribution in [-0.2, 0) is 11.3 Å². The van der Waals surface area contributed by atoms with Crippen LogP contribution < -0.4 is 10.6 Å². The van der Waals surface area contributed by atoms with Gasteiger partial charge in [-0.3, -0.25) is 14.9 Å². The zero-order valence-corrected chi connectivity index (χ0v) is 23.1. The molecule has 10 heteroatoms. The molecule has 38 heavy (non-hydrogen) atoms. The van der Waals surface area contributed by atoms with Gasteiger partial charge in [0, 0.05) is 31.7 Å². The first-order valence-corrected chi connectivity index (χ1v) is 13.6. The van der Waals surface area contributed by atoms with Gasteiger partial charge in [-0.05, 0) is 61.1 Å². The van der Waals surface area contributed by atoms with Crippen LogP contribution >= 0.6 is 11.3 Å². The number of halogens is 2. The van der Waals surface area contributed by atoms with Gasteiger partial charge < -0.3 is 14.8 Å². The lowest BCUT2D eigenvalue weighted by Crippen LogP contribution is -2.38. The highest BCUT2D eigenvalue weighted by molar-refractivity contribution is 7.14. The highest BCUT2D eigenvalue weighted by atomic mass is 32.1. The summed E-state index contributed by atoms with van der Waals surface area (Å²) >= 11 is 0.775. The summed E-state index contributed by atoms with van der Waals surface area (Å²) in [5, 5.41) is 6.43. The molecule has 3 aromatic rings. The molecule has 2 N–H and O–H groups in total. The number of hydrogen-bond acceptors (Lipinski definition) is 5. The van der Waals surface area contributed by atoms with Crippen molar-refractivity contribution in [2.75, 3.05) is 18.4 Å². The largest absolute Gasteiger partial charge is 0.339 e. The van der Waals surface area contributed by atoms with Gasteiger partial charge in [0.1, 0.15) is 0 Å². The zero-order valence-electron chi connectivity index (χ0n) is 22.3. The molecule has 1 aliphatic heterocycles. The Kier molecular flexibility index (Phi) is 8.32. The Morgan fingerprint density at radius 1 is 1.21 bits per heavy atom. The van der Waals surface area contributed by atoms with E-state index in [2.05, 4.69) is 51.0 Å². The van der Waals surface area contributed by atoms with Crippen LogP contribution in [0.15, 0.2) is 43.0 Å². The second kappa shape index (κ2) is 11.3. The van der Waals surface area contributed by atoms with E-state index >= 15 is 0 Å². The van der Waals surface area contributed by atoms with Crippen LogP contribution in [-0.4, -0.2) is 45.4 Å². The molecule has 2 amide bonds. The average molecular weight is 544 g/mol. The van der Waals surface area contributed by atoms with Crippen LogP contribution in [0.25, 0.3) is 11.0 Å². The topological polar surface area (TPSA) is 79.3 Å². The lowest BCUT2D eigenvalue weighted by Gasteiger charge is -2.33. The van der Waals surface area contributed by atoms with Crippen molar-refractivity contribution >= 4 is 40.1 Å². The highest BCUT2D eigenvalue weighted by Gasteiger charge is 2.27. The second-order valence-electron chi connectivity index (χ2n) is 10.8. The first kappa shape index (κ1) is 27.9. The van der Waals surface area contributed by atoms with Crippen LogP contribution in [0.1, 0.15) is 73.1 Å². The number of carbonyl (C=O) groups excluding carboxylic acids is 2. The monoisotopic (exact) mass is 543 g/mol. The first-order chi connectivity index (χ1) is 18.0. The molecular formula is C28H35F2N5O2S. The van der Waals surface area contributed by atoms with E-state index in [1.54, 1.807) is 4.90 Å². The van der Waals surface area contributed by atoms with E-state index < -0.39 is 12.3 Å². The molecule has 1 aliphatic rings. The van der Waals surface area contributed by atoms with Gasteiger partial charge >= 0.3 is 0 Å². The van der Waals surface area contributed by atoms with Gasteiger partial charge in [-0.1, -0.05) is 33.4 Å². The van der Waals surface area contributed by atoms with Crippen molar-refractivity contribution in [2.45, 2.75) is 65.6 Å². The molecule has 0 aliphatic carbocycles. The Balaban J connectivity index is 1.63. The molecule has 1 aromatic carbocycles. The maximum absolute atomic E-state index is 13.1. The van der Waals surface area contributed by atoms with Gasteiger partial charge in [0.15, 0.2) is 0 Å². The number of carbonyl (C=O) groups is 2. The Labute approximate surface area is 225 Å². The third kappa shape index (κ3) is 6.13. The van der Waals surface area contributed by atoms with Crippen molar-refractivity contribution in [3.63, 3.8) is 0 Å². The number of piperidine rings is 1. The zero-order chi connectivity index (χ0) is 27.6. The van der Waals surface area contributed by atoms with Crippen LogP contribution in [0.2, 0.25) is 0 Å². The lowest BCUT2D eigenvalue weighted by atomic mass is 9.88. The van der Waals surface area contributed by atoms with E-state index in [4.69, 9.17) is 4.98 Å². The normalized spacial score (nSPS) is 15.7. The number of amides is 2. The molecule has 2 aromatic heterocycles. The first-order valence-electron chi connectivity index (χ1n) is 12.8. The molecule has 204 valence electrons. The molecule has 1 saturated heterocycles. The molecule has 0 spiro atoms. The second-order valence-corrected chi connectivity index (χ2v) is 11.9. The van der Waals surface area contributed by atoms with E-state index in [-0.39, 0.29) is 27.1 Å². The minimum atomic E-state index is -2.62. The maximum atomic E-state index is 13.1. The summed E-state index contributed by atoms with van der Waals surface area (Å²) in [6.45, 7) is 14.1. The predicted molar refractivity (Wildman–Crippen MR) is 148 cm³/mol. The summed E-state index contributed by atoms with van der Waals surface area (Å²) in [7, 11) is 0. The van der Waals surface area contributed by atoms with E-state index in [0.29, 0.717) is 44.5 Å². The van der Waals surface area contributed by atoms with E-state index in [0.717, 1.165) is 27.9 Å². The number of nitrogens with zero attached hydrogens (tertiary/aromatic N) is 3. The fourth-order valence-corrected chi connectivity index (χ4v) is 5.28. The molecule has 0 unspecified atom stereocenters. The third-order valence-electron chi connectivity index (χ3n) is 7.27. The number of imidazole rings is 1. The predicted octanol–water partition coefficient (Wildman–Crippen LogP) is 6.16. The van der Waals surface area contributed by atoms with Gasteiger partial charge in [-0.2, -0.15) is 0 Å². The minimum Gasteiger partial charge on any atom is -0.339 e. The third-order valence-corrected chi connectivity index (χ3v) is 8.36. The number of aromatic nitrogens is 2. The number of hydrogen-bond donors (Lipinski definition) is 2. The molecule has 0 bridgehead atoms. The number of nitrogens with one attached hydrogen (secondary N) is 2. The molecule has 3 heterocycles. The summed E-state index contributed by atoms with van der Waals surface area (Å²) in [6, 6.07) is 9.08. The summed E-state index contributed by atoms with van der Waals surface area (Å²) in [5.41, 5.74) is 2.81. The van der Waals surface area contributed by atoms with Gasteiger partial charge in [-0.15, -0.1) is 11.3 Å². The lowest BCUT2D eigenvalue weighted by molar-refractivity contribution is -0.127. The van der Waals surface area contributed by atoms with Crippen molar-refractivity contribution in [2.24, 2.45) is 5.41 Å². The fraction of sp³-hybridized carbons (Fsp3) is 0.464. The van der Waals surface area contributed by atoms with Crippen molar-refractivity contribution in [1.82, 2.24) is 19.8 Å². The standard InChI is InChI=1S/C28H35F2N5O2S/c1-6-24(36)34-13-11-19(12-14-34)35-21-8-7-18(16-31-17(2)28(3,4)5)15-20(21)32-27(35)33-26(37)23-10-9-22(38-23)25(29)30/h6-10,15,17,19,25,31H,1,11-14,16H2,2-5H3,(H,32,33,37)/t17-/m0/s1. The van der Waals surface area contributed by atoms with Crippen molar-refractivity contribution < 1.29 is 18.4 Å². The number of alkyl halides is 2. The number of thiophene rings is 1. The average Bonchev–Trinajstić information content (AvgIpc) is 3.51. The van der Waals surface area contributed by atoms with Crippen LogP contribution in [0, 0.1) is 5.41 Å². The number of benzene rings is 1. The van der Waals surface area contributed by atoms with E-state index in [1.165, 1.54) is 18.2 Å². The number of anilines is 1. The molecule has 0 radical (unpaired) electrons. The van der Waals surface area contributed by atoms with Gasteiger partial charge in [0.05, 0.1) is 20.8 Å². The number of likely N-dealkylation sites (tertiary alicyclic amines) is 1. The Morgan fingerprint density at radius 2 is 1.92 bits per heavy atom.